The maximum Gasteiger partial charge on any atom is 0.0670 e. The summed E-state index contributed by atoms with van der Waals surface area (Å²) in [5.74, 6) is 0. The molecular formula is C14H10Br3Cl. The number of rotatable bonds is 2. The van der Waals surface area contributed by atoms with E-state index in [1.54, 1.807) is 0 Å². The zero-order valence-electron chi connectivity index (χ0n) is 9.55. The van der Waals surface area contributed by atoms with Gasteiger partial charge in [-0.1, -0.05) is 71.5 Å². The number of halogens is 4. The highest BCUT2D eigenvalue weighted by Gasteiger charge is 2.16. The fourth-order valence-corrected chi connectivity index (χ4v) is 4.13. The Hall–Kier alpha value is 0.170. The average molecular weight is 453 g/mol. The Morgan fingerprint density at radius 3 is 2.39 bits per heavy atom. The first-order valence-corrected chi connectivity index (χ1v) is 8.22. The van der Waals surface area contributed by atoms with E-state index < -0.39 is 0 Å². The van der Waals surface area contributed by atoms with Gasteiger partial charge in [0.15, 0.2) is 0 Å². The SMILES string of the molecule is Cc1ccc(C(Br)c2cc(Br)ccc2Br)c(Cl)c1. The van der Waals surface area contributed by atoms with Crippen molar-refractivity contribution in [1.82, 2.24) is 0 Å². The van der Waals surface area contributed by atoms with E-state index in [2.05, 4.69) is 66.0 Å². The number of benzene rings is 2. The Bertz CT molecular complexity index is 581. The molecule has 94 valence electrons. The predicted molar refractivity (Wildman–Crippen MR) is 88.8 cm³/mol. The van der Waals surface area contributed by atoms with Gasteiger partial charge >= 0.3 is 0 Å². The third-order valence-electron chi connectivity index (χ3n) is 2.66. The highest BCUT2D eigenvalue weighted by molar-refractivity contribution is 9.11. The number of aryl methyl sites for hydroxylation is 1. The second kappa shape index (κ2) is 6.08. The number of alkyl halides is 1. The van der Waals surface area contributed by atoms with Crippen molar-refractivity contribution in [2.75, 3.05) is 0 Å². The minimum absolute atomic E-state index is 0.0671. The molecule has 0 fully saturated rings. The molecule has 0 N–H and O–H groups in total. The molecule has 0 amide bonds. The monoisotopic (exact) mass is 450 g/mol. The molecule has 18 heavy (non-hydrogen) atoms. The van der Waals surface area contributed by atoms with Crippen molar-refractivity contribution in [2.24, 2.45) is 0 Å². The molecule has 1 unspecified atom stereocenters. The molecule has 0 bridgehead atoms. The second-order valence-corrected chi connectivity index (χ2v) is 7.15. The van der Waals surface area contributed by atoms with Gasteiger partial charge in [0.05, 0.1) is 4.83 Å². The lowest BCUT2D eigenvalue weighted by atomic mass is 10.0. The third kappa shape index (κ3) is 3.19. The van der Waals surface area contributed by atoms with Gasteiger partial charge in [-0.3, -0.25) is 0 Å². The number of hydrogen-bond donors (Lipinski definition) is 0. The molecule has 0 aliphatic carbocycles. The summed E-state index contributed by atoms with van der Waals surface area (Å²) in [5, 5.41) is 0.781. The van der Waals surface area contributed by atoms with Crippen molar-refractivity contribution in [1.29, 1.82) is 0 Å². The summed E-state index contributed by atoms with van der Waals surface area (Å²) in [7, 11) is 0. The molecule has 0 saturated carbocycles. The average Bonchev–Trinajstić information content (AvgIpc) is 2.31. The minimum Gasteiger partial charge on any atom is -0.0840 e. The topological polar surface area (TPSA) is 0 Å². The maximum atomic E-state index is 6.31. The second-order valence-electron chi connectivity index (χ2n) is 4.05. The lowest BCUT2D eigenvalue weighted by Crippen LogP contribution is -1.95. The van der Waals surface area contributed by atoms with Crippen LogP contribution in [0.4, 0.5) is 0 Å². The van der Waals surface area contributed by atoms with Crippen LogP contribution in [0.2, 0.25) is 5.02 Å². The zero-order valence-corrected chi connectivity index (χ0v) is 15.1. The standard InChI is InChI=1S/C14H10Br3Cl/c1-8-2-4-10(13(18)6-8)14(17)11-7-9(15)3-5-12(11)16/h2-7,14H,1H3. The van der Waals surface area contributed by atoms with Crippen LogP contribution < -0.4 is 0 Å². The van der Waals surface area contributed by atoms with Crippen LogP contribution in [0.25, 0.3) is 0 Å². The van der Waals surface area contributed by atoms with Gasteiger partial charge in [-0.25, -0.2) is 0 Å². The summed E-state index contributed by atoms with van der Waals surface area (Å²) in [6.45, 7) is 2.04. The molecule has 2 rings (SSSR count). The van der Waals surface area contributed by atoms with E-state index in [0.717, 1.165) is 30.7 Å². The van der Waals surface area contributed by atoms with Crippen LogP contribution in [0.1, 0.15) is 21.5 Å². The molecule has 0 heterocycles. The molecule has 2 aromatic carbocycles. The maximum absolute atomic E-state index is 6.31. The van der Waals surface area contributed by atoms with Gasteiger partial charge in [0.1, 0.15) is 0 Å². The molecule has 0 spiro atoms. The Kier molecular flexibility index (Phi) is 4.92. The lowest BCUT2D eigenvalue weighted by molar-refractivity contribution is 1.16. The molecule has 0 aliphatic rings. The van der Waals surface area contributed by atoms with Gasteiger partial charge in [-0.05, 0) is 47.9 Å². The normalized spacial score (nSPS) is 12.5. The first-order chi connectivity index (χ1) is 8.49. The Labute approximate surface area is 137 Å². The van der Waals surface area contributed by atoms with E-state index >= 15 is 0 Å². The van der Waals surface area contributed by atoms with Crippen LogP contribution in [-0.2, 0) is 0 Å². The lowest BCUT2D eigenvalue weighted by Gasteiger charge is -2.15. The first kappa shape index (κ1) is 14.6. The molecule has 0 nitrogen and oxygen atoms in total. The smallest absolute Gasteiger partial charge is 0.0670 e. The van der Waals surface area contributed by atoms with Crippen LogP contribution in [0.3, 0.4) is 0 Å². The summed E-state index contributed by atoms with van der Waals surface area (Å²) in [5.41, 5.74) is 3.38. The molecular weight excluding hydrogens is 443 g/mol. The minimum atomic E-state index is 0.0671. The van der Waals surface area contributed by atoms with Gasteiger partial charge in [-0.2, -0.15) is 0 Å². The third-order valence-corrected chi connectivity index (χ3v) is 5.19. The van der Waals surface area contributed by atoms with E-state index in [9.17, 15) is 0 Å². The molecule has 0 aromatic heterocycles. The van der Waals surface area contributed by atoms with Crippen molar-refractivity contribution in [3.63, 3.8) is 0 Å². The van der Waals surface area contributed by atoms with Crippen molar-refractivity contribution in [2.45, 2.75) is 11.8 Å². The molecule has 0 radical (unpaired) electrons. The largest absolute Gasteiger partial charge is 0.0840 e. The molecule has 0 saturated heterocycles. The fraction of sp³-hybridized carbons (Fsp3) is 0.143. The van der Waals surface area contributed by atoms with Gasteiger partial charge in [0.2, 0.25) is 0 Å². The van der Waals surface area contributed by atoms with Crippen LogP contribution in [0.5, 0.6) is 0 Å². The Balaban J connectivity index is 2.47. The highest BCUT2D eigenvalue weighted by Crippen LogP contribution is 2.39. The highest BCUT2D eigenvalue weighted by atomic mass is 79.9. The quantitative estimate of drug-likeness (QED) is 0.446. The van der Waals surface area contributed by atoms with Crippen LogP contribution in [-0.4, -0.2) is 0 Å². The van der Waals surface area contributed by atoms with E-state index in [-0.39, 0.29) is 4.83 Å². The van der Waals surface area contributed by atoms with Crippen molar-refractivity contribution < 1.29 is 0 Å². The summed E-state index contributed by atoms with van der Waals surface area (Å²) in [4.78, 5) is 0.0671. The molecule has 2 aromatic rings. The summed E-state index contributed by atoms with van der Waals surface area (Å²) >= 11 is 17.1. The van der Waals surface area contributed by atoms with E-state index in [1.807, 2.05) is 25.1 Å². The summed E-state index contributed by atoms with van der Waals surface area (Å²) in [6, 6.07) is 12.2. The Morgan fingerprint density at radius 2 is 1.72 bits per heavy atom. The van der Waals surface area contributed by atoms with Gasteiger partial charge in [0.25, 0.3) is 0 Å². The van der Waals surface area contributed by atoms with E-state index in [1.165, 1.54) is 0 Å². The van der Waals surface area contributed by atoms with Crippen molar-refractivity contribution in [3.8, 4) is 0 Å². The fourth-order valence-electron chi connectivity index (χ4n) is 1.71. The van der Waals surface area contributed by atoms with Gasteiger partial charge in [0, 0.05) is 14.0 Å². The van der Waals surface area contributed by atoms with E-state index in [0.29, 0.717) is 0 Å². The first-order valence-electron chi connectivity index (χ1n) is 5.34. The summed E-state index contributed by atoms with van der Waals surface area (Å²) in [6.07, 6.45) is 0. The predicted octanol–water partition coefficient (Wildman–Crippen LogP) is 6.66. The van der Waals surface area contributed by atoms with Crippen molar-refractivity contribution in [3.05, 3.63) is 67.1 Å². The van der Waals surface area contributed by atoms with Crippen molar-refractivity contribution >= 4 is 59.4 Å². The molecule has 0 aliphatic heterocycles. The van der Waals surface area contributed by atoms with E-state index in [4.69, 9.17) is 11.6 Å². The zero-order chi connectivity index (χ0) is 13.3. The molecule has 4 heteroatoms. The number of hydrogen-bond acceptors (Lipinski definition) is 0. The molecule has 1 atom stereocenters. The van der Waals surface area contributed by atoms with Crippen LogP contribution >= 0.6 is 59.4 Å². The van der Waals surface area contributed by atoms with Crippen LogP contribution in [0.15, 0.2) is 45.3 Å². The summed E-state index contributed by atoms with van der Waals surface area (Å²) < 4.78 is 2.11. The Morgan fingerprint density at radius 1 is 1.00 bits per heavy atom. The van der Waals surface area contributed by atoms with Crippen LogP contribution in [0, 0.1) is 6.92 Å². The van der Waals surface area contributed by atoms with Gasteiger partial charge < -0.3 is 0 Å². The van der Waals surface area contributed by atoms with Gasteiger partial charge in [-0.15, -0.1) is 0 Å².